The van der Waals surface area contributed by atoms with E-state index in [0.717, 1.165) is 6.42 Å². The number of nitrogens with two attached hydrogens (primary N) is 1. The highest BCUT2D eigenvalue weighted by molar-refractivity contribution is 4.79. The number of hydrogen-bond acceptors (Lipinski definition) is 3. The summed E-state index contributed by atoms with van der Waals surface area (Å²) in [6.45, 7) is 5.85. The molecule has 0 saturated heterocycles. The lowest BCUT2D eigenvalue weighted by Crippen LogP contribution is -2.40. The molecule has 0 heterocycles. The first-order chi connectivity index (χ1) is 5.43. The SMILES string of the molecule is CCC(N)C(O)CC(C)(C)OC. The molecule has 0 saturated carbocycles. The zero-order valence-electron chi connectivity index (χ0n) is 8.50. The molecule has 0 aliphatic heterocycles. The Balaban J connectivity index is 3.90. The lowest BCUT2D eigenvalue weighted by molar-refractivity contribution is -0.0253. The molecular formula is C9H21NO2. The summed E-state index contributed by atoms with van der Waals surface area (Å²) in [4.78, 5) is 0. The Morgan fingerprint density at radius 3 is 2.33 bits per heavy atom. The topological polar surface area (TPSA) is 55.5 Å². The second kappa shape index (κ2) is 4.80. The van der Waals surface area contributed by atoms with Gasteiger partial charge in [-0.25, -0.2) is 0 Å². The minimum atomic E-state index is -0.468. The van der Waals surface area contributed by atoms with Crippen LogP contribution in [0, 0.1) is 0 Å². The quantitative estimate of drug-likeness (QED) is 0.652. The van der Waals surface area contributed by atoms with Gasteiger partial charge < -0.3 is 15.6 Å². The molecule has 0 aliphatic rings. The Hall–Kier alpha value is -0.120. The lowest BCUT2D eigenvalue weighted by atomic mass is 9.95. The van der Waals surface area contributed by atoms with E-state index in [1.807, 2.05) is 20.8 Å². The van der Waals surface area contributed by atoms with Crippen LogP contribution >= 0.6 is 0 Å². The summed E-state index contributed by atoms with van der Waals surface area (Å²) in [5.74, 6) is 0. The van der Waals surface area contributed by atoms with Gasteiger partial charge in [0.15, 0.2) is 0 Å². The van der Waals surface area contributed by atoms with Crippen LogP contribution in [-0.4, -0.2) is 30.0 Å². The Morgan fingerprint density at radius 2 is 2.00 bits per heavy atom. The van der Waals surface area contributed by atoms with Crippen LogP contribution in [0.4, 0.5) is 0 Å². The summed E-state index contributed by atoms with van der Waals surface area (Å²) in [5.41, 5.74) is 5.39. The summed E-state index contributed by atoms with van der Waals surface area (Å²) in [7, 11) is 1.64. The molecule has 0 rings (SSSR count). The Morgan fingerprint density at radius 1 is 1.50 bits per heavy atom. The van der Waals surface area contributed by atoms with E-state index in [2.05, 4.69) is 0 Å². The molecule has 0 radical (unpaired) electrons. The number of aliphatic hydroxyl groups is 1. The highest BCUT2D eigenvalue weighted by atomic mass is 16.5. The molecule has 0 amide bonds. The largest absolute Gasteiger partial charge is 0.391 e. The molecule has 3 nitrogen and oxygen atoms in total. The second-order valence-electron chi connectivity index (χ2n) is 3.81. The lowest BCUT2D eigenvalue weighted by Gasteiger charge is -2.28. The van der Waals surface area contributed by atoms with Gasteiger partial charge in [0.2, 0.25) is 0 Å². The van der Waals surface area contributed by atoms with E-state index in [0.29, 0.717) is 6.42 Å². The summed E-state index contributed by atoms with van der Waals surface area (Å²) >= 11 is 0. The van der Waals surface area contributed by atoms with Crippen LogP contribution in [0.15, 0.2) is 0 Å². The van der Waals surface area contributed by atoms with Crippen LogP contribution in [0.25, 0.3) is 0 Å². The van der Waals surface area contributed by atoms with Gasteiger partial charge in [-0.1, -0.05) is 6.92 Å². The summed E-state index contributed by atoms with van der Waals surface area (Å²) in [6, 6.07) is -0.139. The molecule has 0 aromatic rings. The van der Waals surface area contributed by atoms with Crippen molar-refractivity contribution in [3.8, 4) is 0 Å². The molecule has 3 heteroatoms. The third-order valence-corrected chi connectivity index (χ3v) is 2.22. The van der Waals surface area contributed by atoms with Gasteiger partial charge in [-0.15, -0.1) is 0 Å². The molecule has 2 unspecified atom stereocenters. The first-order valence-corrected chi connectivity index (χ1v) is 4.41. The Bertz CT molecular complexity index is 126. The number of ether oxygens (including phenoxy) is 1. The molecule has 0 spiro atoms. The predicted octanol–water partition coefficient (Wildman–Crippen LogP) is 0.900. The zero-order chi connectivity index (χ0) is 9.78. The van der Waals surface area contributed by atoms with Gasteiger partial charge in [-0.3, -0.25) is 0 Å². The third kappa shape index (κ3) is 4.04. The molecule has 12 heavy (non-hydrogen) atoms. The van der Waals surface area contributed by atoms with Gasteiger partial charge in [-0.2, -0.15) is 0 Å². The molecule has 0 fully saturated rings. The average Bonchev–Trinajstić information content (AvgIpc) is 2.02. The van der Waals surface area contributed by atoms with Crippen LogP contribution in [0.5, 0.6) is 0 Å². The normalized spacial score (nSPS) is 17.5. The first-order valence-electron chi connectivity index (χ1n) is 4.41. The second-order valence-corrected chi connectivity index (χ2v) is 3.81. The van der Waals surface area contributed by atoms with E-state index in [1.54, 1.807) is 7.11 Å². The van der Waals surface area contributed by atoms with Gasteiger partial charge >= 0.3 is 0 Å². The van der Waals surface area contributed by atoms with Crippen LogP contribution in [0.1, 0.15) is 33.6 Å². The van der Waals surface area contributed by atoms with Gasteiger partial charge in [0, 0.05) is 19.6 Å². The fraction of sp³-hybridized carbons (Fsp3) is 1.00. The van der Waals surface area contributed by atoms with E-state index in [-0.39, 0.29) is 11.6 Å². The molecule has 0 aliphatic carbocycles. The number of rotatable bonds is 5. The van der Waals surface area contributed by atoms with Crippen molar-refractivity contribution in [2.24, 2.45) is 5.73 Å². The van der Waals surface area contributed by atoms with E-state index in [9.17, 15) is 5.11 Å². The van der Waals surface area contributed by atoms with Crippen LogP contribution < -0.4 is 5.73 Å². The van der Waals surface area contributed by atoms with Gasteiger partial charge in [0.05, 0.1) is 11.7 Å². The highest BCUT2D eigenvalue weighted by Crippen LogP contribution is 2.17. The maximum absolute atomic E-state index is 9.58. The fourth-order valence-corrected chi connectivity index (χ4v) is 1.01. The minimum Gasteiger partial charge on any atom is -0.391 e. The van der Waals surface area contributed by atoms with Crippen LogP contribution in [-0.2, 0) is 4.74 Å². The fourth-order valence-electron chi connectivity index (χ4n) is 1.01. The van der Waals surface area contributed by atoms with Crippen molar-refractivity contribution in [3.05, 3.63) is 0 Å². The standard InChI is InChI=1S/C9H21NO2/c1-5-7(10)8(11)6-9(2,3)12-4/h7-8,11H,5-6,10H2,1-4H3. The van der Waals surface area contributed by atoms with Crippen molar-refractivity contribution >= 4 is 0 Å². The molecule has 0 aromatic carbocycles. The van der Waals surface area contributed by atoms with Crippen molar-refractivity contribution in [2.45, 2.75) is 51.4 Å². The summed E-state index contributed by atoms with van der Waals surface area (Å²) in [6.07, 6.45) is 0.907. The smallest absolute Gasteiger partial charge is 0.0718 e. The van der Waals surface area contributed by atoms with Gasteiger partial charge in [-0.05, 0) is 20.3 Å². The maximum Gasteiger partial charge on any atom is 0.0718 e. The zero-order valence-corrected chi connectivity index (χ0v) is 8.50. The minimum absolute atomic E-state index is 0.139. The third-order valence-electron chi connectivity index (χ3n) is 2.22. The molecule has 0 bridgehead atoms. The van der Waals surface area contributed by atoms with Crippen LogP contribution in [0.2, 0.25) is 0 Å². The van der Waals surface area contributed by atoms with E-state index in [1.165, 1.54) is 0 Å². The van der Waals surface area contributed by atoms with Crippen molar-refractivity contribution in [1.29, 1.82) is 0 Å². The molecule has 3 N–H and O–H groups in total. The maximum atomic E-state index is 9.58. The Kier molecular flexibility index (Phi) is 4.75. The van der Waals surface area contributed by atoms with E-state index >= 15 is 0 Å². The van der Waals surface area contributed by atoms with Crippen LogP contribution in [0.3, 0.4) is 0 Å². The van der Waals surface area contributed by atoms with Crippen molar-refractivity contribution < 1.29 is 9.84 Å². The van der Waals surface area contributed by atoms with E-state index in [4.69, 9.17) is 10.5 Å². The van der Waals surface area contributed by atoms with Crippen molar-refractivity contribution in [3.63, 3.8) is 0 Å². The number of aliphatic hydroxyl groups excluding tert-OH is 1. The number of hydrogen-bond donors (Lipinski definition) is 2. The van der Waals surface area contributed by atoms with Gasteiger partial charge in [0.25, 0.3) is 0 Å². The van der Waals surface area contributed by atoms with E-state index < -0.39 is 6.10 Å². The Labute approximate surface area is 74.9 Å². The molecule has 2 atom stereocenters. The molecular weight excluding hydrogens is 154 g/mol. The van der Waals surface area contributed by atoms with Crippen molar-refractivity contribution in [1.82, 2.24) is 0 Å². The molecule has 0 aromatic heterocycles. The number of methoxy groups -OCH3 is 1. The average molecular weight is 175 g/mol. The highest BCUT2D eigenvalue weighted by Gasteiger charge is 2.24. The molecule has 74 valence electrons. The van der Waals surface area contributed by atoms with Crippen molar-refractivity contribution in [2.75, 3.05) is 7.11 Å². The predicted molar refractivity (Wildman–Crippen MR) is 50.0 cm³/mol. The summed E-state index contributed by atoms with van der Waals surface area (Å²) in [5, 5.41) is 9.58. The first kappa shape index (κ1) is 11.9. The summed E-state index contributed by atoms with van der Waals surface area (Å²) < 4.78 is 5.19. The van der Waals surface area contributed by atoms with Gasteiger partial charge in [0.1, 0.15) is 0 Å². The monoisotopic (exact) mass is 175 g/mol.